The molecule has 0 bridgehead atoms. The topological polar surface area (TPSA) is 74.3 Å². The monoisotopic (exact) mass is 379 g/mol. The third kappa shape index (κ3) is 4.46. The second kappa shape index (κ2) is 8.06. The smallest absolute Gasteiger partial charge is 0.306 e. The molecule has 1 amide bonds. The molecule has 1 aliphatic heterocycles. The molecule has 0 aliphatic carbocycles. The number of amides is 1. The quantitative estimate of drug-likeness (QED) is 0.708. The minimum absolute atomic E-state index is 0.0787. The zero-order valence-electron chi connectivity index (χ0n) is 17.2. The summed E-state index contributed by atoms with van der Waals surface area (Å²) in [5, 5.41) is 0. The molecular formula is C20H29NO6. The average molecular weight is 379 g/mol. The first-order valence-electron chi connectivity index (χ1n) is 8.93. The molecule has 0 spiro atoms. The predicted molar refractivity (Wildman–Crippen MR) is 101 cm³/mol. The normalized spacial score (nSPS) is 16.6. The van der Waals surface area contributed by atoms with Gasteiger partial charge >= 0.3 is 5.97 Å². The summed E-state index contributed by atoms with van der Waals surface area (Å²) < 4.78 is 21.8. The van der Waals surface area contributed by atoms with Crippen LogP contribution >= 0.6 is 0 Å². The molecule has 1 aromatic carbocycles. The van der Waals surface area contributed by atoms with E-state index in [0.717, 1.165) is 5.56 Å². The van der Waals surface area contributed by atoms with Crippen molar-refractivity contribution in [2.45, 2.75) is 45.1 Å². The molecule has 0 saturated carbocycles. The predicted octanol–water partition coefficient (Wildman–Crippen LogP) is 3.00. The zero-order valence-corrected chi connectivity index (χ0v) is 17.2. The highest BCUT2D eigenvalue weighted by Gasteiger charge is 2.35. The van der Waals surface area contributed by atoms with Crippen molar-refractivity contribution in [2.24, 2.45) is 0 Å². The van der Waals surface area contributed by atoms with E-state index < -0.39 is 5.60 Å². The van der Waals surface area contributed by atoms with Gasteiger partial charge in [-0.2, -0.15) is 0 Å². The van der Waals surface area contributed by atoms with Gasteiger partial charge in [0.05, 0.1) is 26.9 Å². The molecule has 1 atom stereocenters. The number of carbonyl (C=O) groups is 2. The lowest BCUT2D eigenvalue weighted by atomic mass is 9.85. The molecule has 2 rings (SSSR count). The number of esters is 1. The third-order valence-corrected chi connectivity index (χ3v) is 4.46. The fraction of sp³-hybridized carbons (Fsp3) is 0.600. The lowest BCUT2D eigenvalue weighted by Gasteiger charge is -2.34. The first kappa shape index (κ1) is 20.9. The molecule has 1 unspecified atom stereocenters. The molecule has 0 fully saturated rings. The highest BCUT2D eigenvalue weighted by atomic mass is 16.6. The van der Waals surface area contributed by atoms with E-state index in [4.69, 9.17) is 18.9 Å². The van der Waals surface area contributed by atoms with Gasteiger partial charge in [-0.3, -0.25) is 9.59 Å². The molecule has 7 heteroatoms. The van der Waals surface area contributed by atoms with Gasteiger partial charge in [0.2, 0.25) is 5.75 Å². The van der Waals surface area contributed by atoms with Crippen molar-refractivity contribution < 1.29 is 28.5 Å². The summed E-state index contributed by atoms with van der Waals surface area (Å²) in [6.07, 6.45) is 0.784. The van der Waals surface area contributed by atoms with E-state index in [9.17, 15) is 9.59 Å². The molecule has 0 aromatic heterocycles. The van der Waals surface area contributed by atoms with Crippen LogP contribution < -0.4 is 14.2 Å². The Bertz CT molecular complexity index is 722. The summed E-state index contributed by atoms with van der Waals surface area (Å²) in [5.74, 6) is 0.897. The van der Waals surface area contributed by atoms with Gasteiger partial charge < -0.3 is 23.8 Å². The van der Waals surface area contributed by atoms with Gasteiger partial charge in [-0.15, -0.1) is 0 Å². The number of nitrogens with zero attached hydrogens (tertiary/aromatic N) is 1. The van der Waals surface area contributed by atoms with Crippen molar-refractivity contribution in [3.8, 4) is 17.2 Å². The molecule has 0 saturated heterocycles. The van der Waals surface area contributed by atoms with E-state index in [2.05, 4.69) is 0 Å². The van der Waals surface area contributed by atoms with Crippen LogP contribution in [-0.4, -0.2) is 57.3 Å². The van der Waals surface area contributed by atoms with Gasteiger partial charge in [-0.1, -0.05) is 0 Å². The van der Waals surface area contributed by atoms with Gasteiger partial charge in [0.15, 0.2) is 11.5 Å². The van der Waals surface area contributed by atoms with E-state index in [1.807, 2.05) is 20.8 Å². The zero-order chi connectivity index (χ0) is 20.4. The molecule has 27 heavy (non-hydrogen) atoms. The van der Waals surface area contributed by atoms with Crippen LogP contribution in [0.5, 0.6) is 17.2 Å². The van der Waals surface area contributed by atoms with Gasteiger partial charge in [0.25, 0.3) is 5.91 Å². The van der Waals surface area contributed by atoms with Gasteiger partial charge in [0, 0.05) is 31.5 Å². The number of benzene rings is 1. The standard InChI is InChI=1S/C20H29NO6/c1-20(2,3)27-15(22)9-8-12-11-21(4)19(23)13-10-14(24-5)17(25-6)18(26-7)16(12)13/h10,12H,8-9,11H2,1-7H3. The number of rotatable bonds is 6. The van der Waals surface area contributed by atoms with E-state index in [1.165, 1.54) is 21.3 Å². The van der Waals surface area contributed by atoms with Crippen LogP contribution in [0.25, 0.3) is 0 Å². The molecule has 1 heterocycles. The van der Waals surface area contributed by atoms with Crippen LogP contribution in [-0.2, 0) is 9.53 Å². The Kier molecular flexibility index (Phi) is 6.23. The maximum Gasteiger partial charge on any atom is 0.306 e. The Hall–Kier alpha value is -2.44. The second-order valence-corrected chi connectivity index (χ2v) is 7.61. The number of fused-ring (bicyclic) bond motifs is 1. The highest BCUT2D eigenvalue weighted by molar-refractivity contribution is 5.99. The third-order valence-electron chi connectivity index (χ3n) is 4.46. The van der Waals surface area contributed by atoms with Crippen molar-refractivity contribution in [1.82, 2.24) is 4.90 Å². The number of carbonyl (C=O) groups excluding carboxylic acids is 2. The minimum Gasteiger partial charge on any atom is -0.493 e. The van der Waals surface area contributed by atoms with E-state index in [-0.39, 0.29) is 24.2 Å². The number of likely N-dealkylation sites (N-methyl/N-ethyl adjacent to an activating group) is 1. The molecule has 0 radical (unpaired) electrons. The number of hydrogen-bond acceptors (Lipinski definition) is 6. The lowest BCUT2D eigenvalue weighted by molar-refractivity contribution is -0.155. The van der Waals surface area contributed by atoms with Crippen LogP contribution in [0.2, 0.25) is 0 Å². The summed E-state index contributed by atoms with van der Waals surface area (Å²) in [5.41, 5.74) is 0.733. The molecule has 1 aromatic rings. The Balaban J connectivity index is 2.41. The van der Waals surface area contributed by atoms with Gasteiger partial charge in [0.1, 0.15) is 5.60 Å². The first-order chi connectivity index (χ1) is 12.6. The molecule has 1 aliphatic rings. The number of ether oxygens (including phenoxy) is 4. The summed E-state index contributed by atoms with van der Waals surface area (Å²) in [6, 6.07) is 1.68. The van der Waals surface area contributed by atoms with E-state index in [1.54, 1.807) is 18.0 Å². The van der Waals surface area contributed by atoms with Crippen LogP contribution in [0.3, 0.4) is 0 Å². The number of methoxy groups -OCH3 is 3. The fourth-order valence-corrected chi connectivity index (χ4v) is 3.39. The molecule has 0 N–H and O–H groups in total. The summed E-state index contributed by atoms with van der Waals surface area (Å²) >= 11 is 0. The van der Waals surface area contributed by atoms with Gasteiger partial charge in [-0.05, 0) is 33.3 Å². The van der Waals surface area contributed by atoms with Crippen molar-refractivity contribution >= 4 is 11.9 Å². The van der Waals surface area contributed by atoms with Crippen LogP contribution in [0.4, 0.5) is 0 Å². The van der Waals surface area contributed by atoms with E-state index in [0.29, 0.717) is 35.8 Å². The maximum atomic E-state index is 12.7. The Morgan fingerprint density at radius 3 is 2.30 bits per heavy atom. The van der Waals surface area contributed by atoms with Crippen LogP contribution in [0, 0.1) is 0 Å². The molecule has 7 nitrogen and oxygen atoms in total. The summed E-state index contributed by atoms with van der Waals surface area (Å²) in [4.78, 5) is 26.5. The number of hydrogen-bond donors (Lipinski definition) is 0. The second-order valence-electron chi connectivity index (χ2n) is 7.61. The van der Waals surface area contributed by atoms with Crippen LogP contribution in [0.15, 0.2) is 6.07 Å². The minimum atomic E-state index is -0.525. The van der Waals surface area contributed by atoms with Gasteiger partial charge in [-0.25, -0.2) is 0 Å². The van der Waals surface area contributed by atoms with Crippen molar-refractivity contribution in [3.05, 3.63) is 17.2 Å². The highest BCUT2D eigenvalue weighted by Crippen LogP contribution is 2.47. The lowest BCUT2D eigenvalue weighted by Crippen LogP contribution is -2.37. The van der Waals surface area contributed by atoms with E-state index >= 15 is 0 Å². The average Bonchev–Trinajstić information content (AvgIpc) is 2.60. The van der Waals surface area contributed by atoms with Crippen molar-refractivity contribution in [2.75, 3.05) is 34.9 Å². The Labute approximate surface area is 160 Å². The Morgan fingerprint density at radius 2 is 1.78 bits per heavy atom. The van der Waals surface area contributed by atoms with Crippen molar-refractivity contribution in [3.63, 3.8) is 0 Å². The van der Waals surface area contributed by atoms with Crippen molar-refractivity contribution in [1.29, 1.82) is 0 Å². The Morgan fingerprint density at radius 1 is 1.15 bits per heavy atom. The fourth-order valence-electron chi connectivity index (χ4n) is 3.39. The SMILES string of the molecule is COc1cc2c(c(OC)c1OC)C(CCC(=O)OC(C)(C)C)CN(C)C2=O. The summed E-state index contributed by atoms with van der Waals surface area (Å²) in [7, 11) is 6.32. The first-order valence-corrected chi connectivity index (χ1v) is 8.93. The summed E-state index contributed by atoms with van der Waals surface area (Å²) in [6.45, 7) is 6.01. The largest absolute Gasteiger partial charge is 0.493 e. The molecular weight excluding hydrogens is 350 g/mol. The molecule has 150 valence electrons. The maximum absolute atomic E-state index is 12.7. The van der Waals surface area contributed by atoms with Crippen LogP contribution in [0.1, 0.15) is 55.5 Å².